The molecule has 8 heteroatoms. The quantitative estimate of drug-likeness (QED) is 0.203. The molecule has 0 N–H and O–H groups in total. The minimum atomic E-state index is -4.79. The smallest absolute Gasteiger partial charge is 0.744 e. The molecular weight excluding hydrogens is 379 g/mol. The summed E-state index contributed by atoms with van der Waals surface area (Å²) in [5, 5.41) is 0. The zero-order chi connectivity index (χ0) is 19.0. The number of hydrogen-bond donors (Lipinski definition) is 0. The summed E-state index contributed by atoms with van der Waals surface area (Å²) in [5.74, 6) is -0.750. The van der Waals surface area contributed by atoms with Crippen LogP contribution in [0.5, 0.6) is 11.5 Å². The summed E-state index contributed by atoms with van der Waals surface area (Å²) in [6, 6.07) is 11.8. The van der Waals surface area contributed by atoms with Crippen LogP contribution in [0.2, 0.25) is 0 Å². The second-order valence-corrected chi connectivity index (χ2v) is 7.08. The van der Waals surface area contributed by atoms with Crippen molar-refractivity contribution in [3.63, 3.8) is 0 Å². The molecule has 0 fully saturated rings. The Balaban J connectivity index is 0.00000364. The molecule has 0 aliphatic heterocycles. The number of carbonyl (C=O) groups excluding carboxylic acids is 1. The maximum absolute atomic E-state index is 12.2. The zero-order valence-electron chi connectivity index (χ0n) is 15.5. The van der Waals surface area contributed by atoms with Crippen LogP contribution in [0.4, 0.5) is 0 Å². The van der Waals surface area contributed by atoms with Crippen molar-refractivity contribution in [2.24, 2.45) is 0 Å². The van der Waals surface area contributed by atoms with Crippen LogP contribution >= 0.6 is 0 Å². The molecule has 0 unspecified atom stereocenters. The molecule has 0 amide bonds. The van der Waals surface area contributed by atoms with Gasteiger partial charge >= 0.3 is 35.5 Å². The van der Waals surface area contributed by atoms with Gasteiger partial charge in [0.25, 0.3) is 0 Å². The van der Waals surface area contributed by atoms with Crippen LogP contribution in [0.3, 0.4) is 0 Å². The van der Waals surface area contributed by atoms with Gasteiger partial charge in [-0.2, -0.15) is 0 Å². The number of carbonyl (C=O) groups is 1. The monoisotopic (exact) mass is 400 g/mol. The summed E-state index contributed by atoms with van der Waals surface area (Å²) in [7, 11) is -4.79. The van der Waals surface area contributed by atoms with Gasteiger partial charge in [0.15, 0.2) is 5.75 Å². The molecule has 2 aromatic rings. The predicted octanol–water partition coefficient (Wildman–Crippen LogP) is 0.773. The van der Waals surface area contributed by atoms with E-state index in [9.17, 15) is 17.8 Å². The molecule has 0 radical (unpaired) electrons. The number of unbranched alkanes of at least 4 members (excludes halogenated alkanes) is 3. The third-order valence-electron chi connectivity index (χ3n) is 3.66. The largest absolute Gasteiger partial charge is 1.00 e. The van der Waals surface area contributed by atoms with E-state index in [0.717, 1.165) is 31.7 Å². The van der Waals surface area contributed by atoms with Crippen molar-refractivity contribution in [2.45, 2.75) is 37.5 Å². The fraction of sp³-hybridized carbons (Fsp3) is 0.316. The Labute approximate surface area is 181 Å². The van der Waals surface area contributed by atoms with Gasteiger partial charge in [0, 0.05) is 6.07 Å². The van der Waals surface area contributed by atoms with Crippen LogP contribution in [-0.4, -0.2) is 25.5 Å². The standard InChI is InChI=1S/C19H22O6S.Na/c1-2-3-4-8-13-24-16-11-12-18(26(21,22)23)17(14-16)25-19(20)15-9-6-5-7-10-15;/h5-7,9-12,14H,2-4,8,13H2,1H3,(H,21,22,23);/q;+1/p-1. The number of rotatable bonds is 9. The first-order chi connectivity index (χ1) is 12.4. The van der Waals surface area contributed by atoms with Crippen LogP contribution in [0.1, 0.15) is 43.0 Å². The van der Waals surface area contributed by atoms with Crippen molar-refractivity contribution in [2.75, 3.05) is 6.61 Å². The van der Waals surface area contributed by atoms with Crippen molar-refractivity contribution in [3.05, 3.63) is 54.1 Å². The molecule has 0 spiro atoms. The SMILES string of the molecule is CCCCCCOc1ccc(S(=O)(=O)[O-])c(OC(=O)c2ccccc2)c1.[Na+]. The molecule has 0 atom stereocenters. The van der Waals surface area contributed by atoms with Gasteiger partial charge in [-0.1, -0.05) is 44.4 Å². The molecule has 0 saturated heterocycles. The zero-order valence-corrected chi connectivity index (χ0v) is 18.3. The summed E-state index contributed by atoms with van der Waals surface area (Å²) >= 11 is 0. The molecular formula is C19H21NaO6S. The first-order valence-corrected chi connectivity index (χ1v) is 9.82. The molecule has 2 aromatic carbocycles. The van der Waals surface area contributed by atoms with E-state index in [-0.39, 0.29) is 40.9 Å². The van der Waals surface area contributed by atoms with Gasteiger partial charge in [0.2, 0.25) is 0 Å². The van der Waals surface area contributed by atoms with Gasteiger partial charge in [-0.3, -0.25) is 0 Å². The summed E-state index contributed by atoms with van der Waals surface area (Å²) in [5.41, 5.74) is 0.243. The molecule has 0 aliphatic rings. The van der Waals surface area contributed by atoms with Gasteiger partial charge in [-0.15, -0.1) is 0 Å². The van der Waals surface area contributed by atoms with E-state index in [1.807, 2.05) is 0 Å². The first kappa shape index (κ1) is 23.7. The number of esters is 1. The molecule has 27 heavy (non-hydrogen) atoms. The fourth-order valence-corrected chi connectivity index (χ4v) is 2.90. The van der Waals surface area contributed by atoms with Crippen LogP contribution in [-0.2, 0) is 10.1 Å². The molecule has 140 valence electrons. The minimum Gasteiger partial charge on any atom is -0.744 e. The number of hydrogen-bond acceptors (Lipinski definition) is 6. The Hall–Kier alpha value is -1.38. The second-order valence-electron chi connectivity index (χ2n) is 5.73. The average molecular weight is 400 g/mol. The predicted molar refractivity (Wildman–Crippen MR) is 95.4 cm³/mol. The van der Waals surface area contributed by atoms with E-state index in [1.54, 1.807) is 18.2 Å². The molecule has 0 aliphatic carbocycles. The molecule has 0 aromatic heterocycles. The Morgan fingerprint density at radius 3 is 2.37 bits per heavy atom. The molecule has 6 nitrogen and oxygen atoms in total. The van der Waals surface area contributed by atoms with Crippen molar-refractivity contribution >= 4 is 16.1 Å². The maximum Gasteiger partial charge on any atom is 1.00 e. The molecule has 0 heterocycles. The maximum atomic E-state index is 12.2. The Morgan fingerprint density at radius 2 is 1.74 bits per heavy atom. The summed E-state index contributed by atoms with van der Waals surface area (Å²) in [6.07, 6.45) is 4.10. The van der Waals surface area contributed by atoms with Crippen LogP contribution < -0.4 is 39.0 Å². The normalized spacial score (nSPS) is 10.7. The van der Waals surface area contributed by atoms with Gasteiger partial charge in [-0.05, 0) is 30.7 Å². The number of benzene rings is 2. The second kappa shape index (κ2) is 11.5. The van der Waals surface area contributed by atoms with E-state index in [0.29, 0.717) is 12.4 Å². The minimum absolute atomic E-state index is 0. The van der Waals surface area contributed by atoms with Crippen LogP contribution in [0.15, 0.2) is 53.4 Å². The first-order valence-electron chi connectivity index (χ1n) is 8.42. The van der Waals surface area contributed by atoms with E-state index in [2.05, 4.69) is 6.92 Å². The van der Waals surface area contributed by atoms with Crippen molar-refractivity contribution in [1.29, 1.82) is 0 Å². The summed E-state index contributed by atoms with van der Waals surface area (Å²) in [4.78, 5) is 11.6. The van der Waals surface area contributed by atoms with Crippen LogP contribution in [0, 0.1) is 0 Å². The van der Waals surface area contributed by atoms with Crippen LogP contribution in [0.25, 0.3) is 0 Å². The third kappa shape index (κ3) is 7.63. The van der Waals surface area contributed by atoms with Gasteiger partial charge in [0.05, 0.1) is 17.1 Å². The fourth-order valence-electron chi connectivity index (χ4n) is 2.32. The Kier molecular flexibility index (Phi) is 10.0. The van der Waals surface area contributed by atoms with E-state index < -0.39 is 21.0 Å². The Morgan fingerprint density at radius 1 is 1.04 bits per heavy atom. The van der Waals surface area contributed by atoms with Gasteiger partial charge in [0.1, 0.15) is 15.9 Å². The van der Waals surface area contributed by atoms with Crippen molar-refractivity contribution in [3.8, 4) is 11.5 Å². The number of ether oxygens (including phenoxy) is 2. The molecule has 0 saturated carbocycles. The van der Waals surface area contributed by atoms with Crippen molar-refractivity contribution < 1.29 is 56.8 Å². The summed E-state index contributed by atoms with van der Waals surface area (Å²) < 4.78 is 45.0. The van der Waals surface area contributed by atoms with E-state index in [1.165, 1.54) is 24.3 Å². The average Bonchev–Trinajstić information content (AvgIpc) is 2.61. The molecule has 0 bridgehead atoms. The third-order valence-corrected chi connectivity index (χ3v) is 4.54. The molecule has 2 rings (SSSR count). The Bertz CT molecular complexity index is 837. The summed E-state index contributed by atoms with van der Waals surface area (Å²) in [6.45, 7) is 2.56. The van der Waals surface area contributed by atoms with Gasteiger partial charge < -0.3 is 14.0 Å². The van der Waals surface area contributed by atoms with Crippen molar-refractivity contribution in [1.82, 2.24) is 0 Å². The topological polar surface area (TPSA) is 92.7 Å². The van der Waals surface area contributed by atoms with E-state index >= 15 is 0 Å². The van der Waals surface area contributed by atoms with Gasteiger partial charge in [-0.25, -0.2) is 13.2 Å². The van der Waals surface area contributed by atoms with E-state index in [4.69, 9.17) is 9.47 Å².